The second-order valence-corrected chi connectivity index (χ2v) is 8.10. The molecule has 1 saturated heterocycles. The summed E-state index contributed by atoms with van der Waals surface area (Å²) in [5.41, 5.74) is 2.12. The van der Waals surface area contributed by atoms with Gasteiger partial charge in [-0.25, -0.2) is 4.79 Å². The van der Waals surface area contributed by atoms with Crippen LogP contribution in [0.3, 0.4) is 0 Å². The Labute approximate surface area is 161 Å². The molecule has 1 fully saturated rings. The largest absolute Gasteiger partial charge is 0.376 e. The summed E-state index contributed by atoms with van der Waals surface area (Å²) in [6, 6.07) is 12.4. The molecule has 1 aromatic heterocycles. The minimum Gasteiger partial charge on any atom is -0.376 e. The van der Waals surface area contributed by atoms with Gasteiger partial charge in [0.25, 0.3) is 0 Å². The van der Waals surface area contributed by atoms with E-state index in [2.05, 4.69) is 53.6 Å². The lowest BCUT2D eigenvalue weighted by atomic mass is 9.67. The third kappa shape index (κ3) is 4.89. The van der Waals surface area contributed by atoms with Crippen molar-refractivity contribution in [2.45, 2.75) is 50.7 Å². The third-order valence-corrected chi connectivity index (χ3v) is 5.42. The quantitative estimate of drug-likeness (QED) is 0.818. The Balaban J connectivity index is 1.62. The van der Waals surface area contributed by atoms with E-state index >= 15 is 0 Å². The number of hydrogen-bond acceptors (Lipinski definition) is 3. The lowest BCUT2D eigenvalue weighted by Crippen LogP contribution is -2.46. The fraction of sp³-hybridized carbons (Fsp3) is 0.524. The van der Waals surface area contributed by atoms with Crippen molar-refractivity contribution in [1.82, 2.24) is 20.4 Å². The molecule has 2 N–H and O–H groups in total. The molecule has 1 atom stereocenters. The maximum atomic E-state index is 12.4. The first-order chi connectivity index (χ1) is 12.9. The molecule has 0 aliphatic carbocycles. The zero-order valence-electron chi connectivity index (χ0n) is 16.5. The van der Waals surface area contributed by atoms with Crippen LogP contribution in [-0.4, -0.2) is 46.9 Å². The van der Waals surface area contributed by atoms with Gasteiger partial charge in [0.2, 0.25) is 0 Å². The number of carbonyl (C=O) groups is 1. The number of aromatic amines is 1. The monoisotopic (exact) mass is 370 g/mol. The first-order valence-corrected chi connectivity index (χ1v) is 9.57. The highest BCUT2D eigenvalue weighted by atomic mass is 16.5. The summed E-state index contributed by atoms with van der Waals surface area (Å²) >= 11 is 0. The van der Waals surface area contributed by atoms with E-state index in [1.165, 1.54) is 5.56 Å². The van der Waals surface area contributed by atoms with E-state index in [-0.39, 0.29) is 17.0 Å². The molecule has 27 heavy (non-hydrogen) atoms. The van der Waals surface area contributed by atoms with Gasteiger partial charge in [-0.3, -0.25) is 5.10 Å². The van der Waals surface area contributed by atoms with Gasteiger partial charge in [0.05, 0.1) is 17.8 Å². The van der Waals surface area contributed by atoms with Gasteiger partial charge in [-0.15, -0.1) is 0 Å². The number of benzene rings is 1. The molecule has 0 saturated carbocycles. The molecule has 2 heterocycles. The predicted octanol–water partition coefficient (Wildman–Crippen LogP) is 3.47. The molecule has 0 bridgehead atoms. The topological polar surface area (TPSA) is 70.2 Å². The van der Waals surface area contributed by atoms with Crippen LogP contribution in [0.5, 0.6) is 0 Å². The number of amides is 2. The number of nitrogens with one attached hydrogen (secondary N) is 2. The molecule has 1 aliphatic heterocycles. The fourth-order valence-corrected chi connectivity index (χ4v) is 4.12. The maximum Gasteiger partial charge on any atom is 0.317 e. The standard InChI is InChI=1S/C21H30N4O2/c1-20(2)16-21(11-14-27-20,17-7-5-4-6-8-17)10-13-22-19(26)25(3)15-18-9-12-23-24-18/h4-9,12H,10-11,13-16H2,1-3H3,(H,22,26)(H,23,24)/t21-/m0/s1. The Morgan fingerprint density at radius 2 is 2.07 bits per heavy atom. The van der Waals surface area contributed by atoms with Gasteiger partial charge in [-0.1, -0.05) is 30.3 Å². The van der Waals surface area contributed by atoms with Crippen LogP contribution in [0.15, 0.2) is 42.6 Å². The Hall–Kier alpha value is -2.34. The van der Waals surface area contributed by atoms with E-state index in [0.29, 0.717) is 13.1 Å². The SMILES string of the molecule is CN(Cc1ccn[nH]1)C(=O)NCC[C@]1(c2ccccc2)CCOC(C)(C)C1. The highest BCUT2D eigenvalue weighted by molar-refractivity contribution is 5.73. The van der Waals surface area contributed by atoms with Crippen molar-refractivity contribution >= 4 is 6.03 Å². The number of H-pyrrole nitrogens is 1. The van der Waals surface area contributed by atoms with Crippen molar-refractivity contribution in [2.24, 2.45) is 0 Å². The number of carbonyl (C=O) groups excluding carboxylic acids is 1. The molecule has 1 aliphatic rings. The smallest absolute Gasteiger partial charge is 0.317 e. The van der Waals surface area contributed by atoms with Crippen LogP contribution in [-0.2, 0) is 16.7 Å². The first kappa shape index (κ1) is 19.4. The number of rotatable bonds is 6. The average Bonchev–Trinajstić information content (AvgIpc) is 3.14. The summed E-state index contributed by atoms with van der Waals surface area (Å²) in [7, 11) is 1.79. The minimum atomic E-state index is -0.157. The van der Waals surface area contributed by atoms with Gasteiger partial charge in [0.1, 0.15) is 0 Å². The molecule has 2 aromatic rings. The number of hydrogen-bond donors (Lipinski definition) is 2. The maximum absolute atomic E-state index is 12.4. The first-order valence-electron chi connectivity index (χ1n) is 9.57. The molecule has 2 amide bonds. The van der Waals surface area contributed by atoms with E-state index in [0.717, 1.165) is 31.6 Å². The number of nitrogens with zero attached hydrogens (tertiary/aromatic N) is 2. The molecule has 0 spiro atoms. The van der Waals surface area contributed by atoms with E-state index < -0.39 is 0 Å². The minimum absolute atomic E-state index is 0.0260. The number of aromatic nitrogens is 2. The summed E-state index contributed by atoms with van der Waals surface area (Å²) in [5, 5.41) is 9.88. The Kier molecular flexibility index (Phi) is 5.85. The lowest BCUT2D eigenvalue weighted by Gasteiger charge is -2.45. The highest BCUT2D eigenvalue weighted by Gasteiger charge is 2.41. The van der Waals surface area contributed by atoms with Crippen molar-refractivity contribution in [1.29, 1.82) is 0 Å². The summed E-state index contributed by atoms with van der Waals surface area (Å²) < 4.78 is 5.96. The highest BCUT2D eigenvalue weighted by Crippen LogP contribution is 2.43. The Morgan fingerprint density at radius 3 is 2.74 bits per heavy atom. The van der Waals surface area contributed by atoms with E-state index in [1.54, 1.807) is 18.1 Å². The normalized spacial score (nSPS) is 21.6. The van der Waals surface area contributed by atoms with Gasteiger partial charge < -0.3 is 15.0 Å². The zero-order chi connectivity index (χ0) is 19.3. The van der Waals surface area contributed by atoms with Gasteiger partial charge in [-0.05, 0) is 44.7 Å². The van der Waals surface area contributed by atoms with Crippen LogP contribution >= 0.6 is 0 Å². The molecule has 1 aromatic carbocycles. The molecule has 0 radical (unpaired) electrons. The molecular weight excluding hydrogens is 340 g/mol. The number of urea groups is 1. The van der Waals surface area contributed by atoms with Gasteiger partial charge >= 0.3 is 6.03 Å². The van der Waals surface area contributed by atoms with Crippen molar-refractivity contribution in [2.75, 3.05) is 20.2 Å². The van der Waals surface area contributed by atoms with E-state index in [9.17, 15) is 4.79 Å². The molecule has 6 nitrogen and oxygen atoms in total. The van der Waals surface area contributed by atoms with Gasteiger partial charge in [0, 0.05) is 31.8 Å². The van der Waals surface area contributed by atoms with Gasteiger partial charge in [0.15, 0.2) is 0 Å². The molecule has 6 heteroatoms. The Morgan fingerprint density at radius 1 is 1.30 bits per heavy atom. The van der Waals surface area contributed by atoms with Crippen LogP contribution < -0.4 is 5.32 Å². The summed E-state index contributed by atoms with van der Waals surface area (Å²) in [6.45, 7) is 6.20. The van der Waals surface area contributed by atoms with Crippen LogP contribution in [0, 0.1) is 0 Å². The van der Waals surface area contributed by atoms with Crippen molar-refractivity contribution < 1.29 is 9.53 Å². The van der Waals surface area contributed by atoms with Gasteiger partial charge in [-0.2, -0.15) is 5.10 Å². The van der Waals surface area contributed by atoms with Crippen LogP contribution in [0.4, 0.5) is 4.79 Å². The second-order valence-electron chi connectivity index (χ2n) is 8.10. The summed E-state index contributed by atoms with van der Waals surface area (Å²) in [5.74, 6) is 0. The van der Waals surface area contributed by atoms with Crippen LogP contribution in [0.25, 0.3) is 0 Å². The molecule has 146 valence electrons. The summed E-state index contributed by atoms with van der Waals surface area (Å²) in [6.07, 6.45) is 4.51. The number of ether oxygens (including phenoxy) is 1. The second kappa shape index (κ2) is 8.13. The summed E-state index contributed by atoms with van der Waals surface area (Å²) in [4.78, 5) is 14.1. The van der Waals surface area contributed by atoms with E-state index in [4.69, 9.17) is 4.74 Å². The molecular formula is C21H30N4O2. The average molecular weight is 370 g/mol. The predicted molar refractivity (Wildman–Crippen MR) is 105 cm³/mol. The molecule has 0 unspecified atom stereocenters. The van der Waals surface area contributed by atoms with Crippen molar-refractivity contribution in [3.63, 3.8) is 0 Å². The van der Waals surface area contributed by atoms with Crippen LogP contribution in [0.1, 0.15) is 44.4 Å². The lowest BCUT2D eigenvalue weighted by molar-refractivity contribution is -0.0838. The molecule has 3 rings (SSSR count). The van der Waals surface area contributed by atoms with E-state index in [1.807, 2.05) is 12.1 Å². The Bertz CT molecular complexity index is 730. The third-order valence-electron chi connectivity index (χ3n) is 5.42. The zero-order valence-corrected chi connectivity index (χ0v) is 16.5. The fourth-order valence-electron chi connectivity index (χ4n) is 4.12. The van der Waals surface area contributed by atoms with Crippen molar-refractivity contribution in [3.8, 4) is 0 Å². The van der Waals surface area contributed by atoms with Crippen molar-refractivity contribution in [3.05, 3.63) is 53.9 Å². The van der Waals surface area contributed by atoms with Crippen LogP contribution in [0.2, 0.25) is 0 Å².